The molecule has 0 saturated carbocycles. The Kier molecular flexibility index (Phi) is 2.52. The molecule has 0 bridgehead atoms. The summed E-state index contributed by atoms with van der Waals surface area (Å²) in [5, 5.41) is 5.79. The predicted octanol–water partition coefficient (Wildman–Crippen LogP) is 2.48. The van der Waals surface area contributed by atoms with Crippen molar-refractivity contribution in [2.45, 2.75) is 0 Å². The lowest BCUT2D eigenvalue weighted by molar-refractivity contribution is 0.103. The van der Waals surface area contributed by atoms with Crippen LogP contribution < -0.4 is 0 Å². The van der Waals surface area contributed by atoms with Gasteiger partial charge in [-0.3, -0.25) is 9.48 Å². The van der Waals surface area contributed by atoms with E-state index < -0.39 is 0 Å². The van der Waals surface area contributed by atoms with E-state index in [1.807, 2.05) is 11.4 Å². The average molecular weight is 271 g/mol. The third kappa shape index (κ3) is 1.65. The summed E-state index contributed by atoms with van der Waals surface area (Å²) in [6.45, 7) is 0. The second-order valence-corrected chi connectivity index (χ2v) is 5.10. The lowest BCUT2D eigenvalue weighted by atomic mass is 10.2. The lowest BCUT2D eigenvalue weighted by Gasteiger charge is -1.97. The fourth-order valence-electron chi connectivity index (χ4n) is 1.17. The van der Waals surface area contributed by atoms with Crippen LogP contribution in [0.1, 0.15) is 16.1 Å². The van der Waals surface area contributed by atoms with Crippen LogP contribution in [0.4, 0.5) is 0 Å². The minimum Gasteiger partial charge on any atom is -0.287 e. The summed E-state index contributed by atoms with van der Waals surface area (Å²) in [7, 11) is 1.76. The molecule has 0 aliphatic heterocycles. The van der Waals surface area contributed by atoms with E-state index in [9.17, 15) is 4.79 Å². The highest BCUT2D eigenvalue weighted by atomic mass is 79.9. The minimum atomic E-state index is 0.00644. The highest BCUT2D eigenvalue weighted by molar-refractivity contribution is 9.11. The zero-order valence-electron chi connectivity index (χ0n) is 7.40. The molecule has 0 spiro atoms. The molecular weight excluding hydrogens is 264 g/mol. The number of rotatable bonds is 2. The number of nitrogens with zero attached hydrogens (tertiary/aromatic N) is 2. The van der Waals surface area contributed by atoms with Crippen molar-refractivity contribution < 1.29 is 4.79 Å². The van der Waals surface area contributed by atoms with Gasteiger partial charge >= 0.3 is 0 Å². The Balaban J connectivity index is 2.38. The number of carbonyl (C=O) groups is 1. The number of hydrogen-bond acceptors (Lipinski definition) is 3. The SMILES string of the molecule is Cn1nccc1C(=O)c1csc(Br)c1. The quantitative estimate of drug-likeness (QED) is 0.786. The van der Waals surface area contributed by atoms with Crippen molar-refractivity contribution in [2.75, 3.05) is 0 Å². The van der Waals surface area contributed by atoms with Gasteiger partial charge in [0.15, 0.2) is 0 Å². The topological polar surface area (TPSA) is 34.9 Å². The van der Waals surface area contributed by atoms with Gasteiger partial charge in [-0.15, -0.1) is 11.3 Å². The molecule has 0 amide bonds. The van der Waals surface area contributed by atoms with Crippen LogP contribution in [0.2, 0.25) is 0 Å². The Morgan fingerprint density at radius 3 is 2.93 bits per heavy atom. The largest absolute Gasteiger partial charge is 0.287 e. The second kappa shape index (κ2) is 3.67. The summed E-state index contributed by atoms with van der Waals surface area (Å²) in [6.07, 6.45) is 1.62. The van der Waals surface area contributed by atoms with Gasteiger partial charge in [0.05, 0.1) is 3.79 Å². The molecule has 0 aliphatic rings. The van der Waals surface area contributed by atoms with Gasteiger partial charge in [0.2, 0.25) is 5.78 Å². The van der Waals surface area contributed by atoms with Gasteiger partial charge in [0, 0.05) is 24.2 Å². The maximum Gasteiger partial charge on any atom is 0.211 e. The number of aryl methyl sites for hydroxylation is 1. The lowest BCUT2D eigenvalue weighted by Crippen LogP contribution is -2.06. The molecule has 72 valence electrons. The fraction of sp³-hybridized carbons (Fsp3) is 0.111. The Bertz CT molecular complexity index is 475. The first-order chi connectivity index (χ1) is 6.68. The molecule has 2 aromatic heterocycles. The van der Waals surface area contributed by atoms with Crippen LogP contribution in [-0.4, -0.2) is 15.6 Å². The third-order valence-corrected chi connectivity index (χ3v) is 3.39. The van der Waals surface area contributed by atoms with E-state index in [1.54, 1.807) is 24.0 Å². The third-order valence-electron chi connectivity index (χ3n) is 1.88. The van der Waals surface area contributed by atoms with E-state index in [-0.39, 0.29) is 5.78 Å². The second-order valence-electron chi connectivity index (χ2n) is 2.81. The monoisotopic (exact) mass is 270 g/mol. The van der Waals surface area contributed by atoms with Crippen LogP contribution in [0.25, 0.3) is 0 Å². The molecule has 0 atom stereocenters. The normalized spacial score (nSPS) is 10.4. The minimum absolute atomic E-state index is 0.00644. The smallest absolute Gasteiger partial charge is 0.211 e. The van der Waals surface area contributed by atoms with Crippen LogP contribution in [-0.2, 0) is 7.05 Å². The molecule has 2 heterocycles. The summed E-state index contributed by atoms with van der Waals surface area (Å²) in [4.78, 5) is 11.9. The molecule has 0 radical (unpaired) electrons. The van der Waals surface area contributed by atoms with Gasteiger partial charge in [0.1, 0.15) is 5.69 Å². The van der Waals surface area contributed by atoms with Crippen molar-refractivity contribution in [1.82, 2.24) is 9.78 Å². The predicted molar refractivity (Wildman–Crippen MR) is 58.7 cm³/mol. The van der Waals surface area contributed by atoms with E-state index >= 15 is 0 Å². The van der Waals surface area contributed by atoms with Crippen molar-refractivity contribution in [3.05, 3.63) is 38.8 Å². The number of ketones is 1. The standard InChI is InChI=1S/C9H7BrN2OS/c1-12-7(2-3-11-12)9(13)6-4-8(10)14-5-6/h2-5H,1H3. The summed E-state index contributed by atoms with van der Waals surface area (Å²) in [5.41, 5.74) is 1.31. The van der Waals surface area contributed by atoms with Crippen LogP contribution >= 0.6 is 27.3 Å². The van der Waals surface area contributed by atoms with E-state index in [2.05, 4.69) is 21.0 Å². The molecule has 0 aromatic carbocycles. The van der Waals surface area contributed by atoms with Crippen molar-refractivity contribution >= 4 is 33.0 Å². The number of thiophene rings is 1. The zero-order valence-corrected chi connectivity index (χ0v) is 9.80. The van der Waals surface area contributed by atoms with E-state index in [0.717, 1.165) is 3.79 Å². The molecule has 0 fully saturated rings. The zero-order chi connectivity index (χ0) is 10.1. The van der Waals surface area contributed by atoms with E-state index in [1.165, 1.54) is 11.3 Å². The van der Waals surface area contributed by atoms with Crippen molar-refractivity contribution in [3.63, 3.8) is 0 Å². The van der Waals surface area contributed by atoms with Crippen LogP contribution in [0, 0.1) is 0 Å². The number of carbonyl (C=O) groups excluding carboxylic acids is 1. The van der Waals surface area contributed by atoms with Gasteiger partial charge in [-0.1, -0.05) is 0 Å². The van der Waals surface area contributed by atoms with E-state index in [4.69, 9.17) is 0 Å². The average Bonchev–Trinajstić information content (AvgIpc) is 2.73. The summed E-state index contributed by atoms with van der Waals surface area (Å²) >= 11 is 4.83. The van der Waals surface area contributed by atoms with Crippen LogP contribution in [0.15, 0.2) is 27.5 Å². The first-order valence-electron chi connectivity index (χ1n) is 3.95. The van der Waals surface area contributed by atoms with Crippen molar-refractivity contribution in [3.8, 4) is 0 Å². The van der Waals surface area contributed by atoms with Crippen molar-refractivity contribution in [1.29, 1.82) is 0 Å². The van der Waals surface area contributed by atoms with E-state index in [0.29, 0.717) is 11.3 Å². The van der Waals surface area contributed by atoms with Gasteiger partial charge in [-0.2, -0.15) is 5.10 Å². The van der Waals surface area contributed by atoms with Crippen LogP contribution in [0.3, 0.4) is 0 Å². The highest BCUT2D eigenvalue weighted by Gasteiger charge is 2.13. The summed E-state index contributed by atoms with van der Waals surface area (Å²) < 4.78 is 2.54. The van der Waals surface area contributed by atoms with Gasteiger partial charge in [-0.25, -0.2) is 0 Å². The van der Waals surface area contributed by atoms with Gasteiger partial charge < -0.3 is 0 Å². The molecule has 3 nitrogen and oxygen atoms in total. The van der Waals surface area contributed by atoms with Crippen molar-refractivity contribution in [2.24, 2.45) is 7.05 Å². The first kappa shape index (κ1) is 9.61. The Morgan fingerprint density at radius 1 is 1.64 bits per heavy atom. The van der Waals surface area contributed by atoms with Gasteiger partial charge in [-0.05, 0) is 28.1 Å². The summed E-state index contributed by atoms with van der Waals surface area (Å²) in [6, 6.07) is 3.54. The Morgan fingerprint density at radius 2 is 2.43 bits per heavy atom. The number of aromatic nitrogens is 2. The maximum atomic E-state index is 11.9. The molecule has 0 unspecified atom stereocenters. The molecule has 0 N–H and O–H groups in total. The molecule has 2 rings (SSSR count). The molecule has 0 saturated heterocycles. The number of halogens is 1. The Hall–Kier alpha value is -0.940. The molecule has 5 heteroatoms. The fourth-order valence-corrected chi connectivity index (χ4v) is 2.31. The molecule has 14 heavy (non-hydrogen) atoms. The van der Waals surface area contributed by atoms with Gasteiger partial charge in [0.25, 0.3) is 0 Å². The summed E-state index contributed by atoms with van der Waals surface area (Å²) in [5.74, 6) is 0.00644. The maximum absolute atomic E-state index is 11.9. The molecular formula is C9H7BrN2OS. The molecule has 2 aromatic rings. The molecule has 0 aliphatic carbocycles. The highest BCUT2D eigenvalue weighted by Crippen LogP contribution is 2.22. The first-order valence-corrected chi connectivity index (χ1v) is 5.62. The number of hydrogen-bond donors (Lipinski definition) is 0. The van der Waals surface area contributed by atoms with Crippen LogP contribution in [0.5, 0.6) is 0 Å². The Labute approximate surface area is 93.5 Å².